The molecule has 4 nitrogen and oxygen atoms in total. The lowest BCUT2D eigenvalue weighted by Gasteiger charge is -2.08. The summed E-state index contributed by atoms with van der Waals surface area (Å²) in [6, 6.07) is 0. The highest BCUT2D eigenvalue weighted by atomic mass is 16.5. The zero-order valence-corrected chi connectivity index (χ0v) is 15.0. The molecule has 2 N–H and O–H groups in total. The van der Waals surface area contributed by atoms with E-state index in [4.69, 9.17) is 0 Å². The lowest BCUT2D eigenvalue weighted by atomic mass is 10.1. The van der Waals surface area contributed by atoms with Crippen molar-refractivity contribution in [2.75, 3.05) is 7.11 Å². The minimum atomic E-state index is -0.463. The van der Waals surface area contributed by atoms with Gasteiger partial charge in [0.05, 0.1) is 19.3 Å². The van der Waals surface area contributed by atoms with E-state index in [1.54, 1.807) is 12.2 Å². The van der Waals surface area contributed by atoms with Crippen LogP contribution in [0.5, 0.6) is 0 Å². The van der Waals surface area contributed by atoms with E-state index < -0.39 is 12.2 Å². The maximum Gasteiger partial charge on any atom is 0.305 e. The van der Waals surface area contributed by atoms with Crippen LogP contribution in [0.3, 0.4) is 0 Å². The lowest BCUT2D eigenvalue weighted by Crippen LogP contribution is -2.06. The highest BCUT2D eigenvalue weighted by Crippen LogP contribution is 2.11. The van der Waals surface area contributed by atoms with Gasteiger partial charge in [-0.3, -0.25) is 4.79 Å². The van der Waals surface area contributed by atoms with E-state index in [-0.39, 0.29) is 5.97 Å². The summed E-state index contributed by atoms with van der Waals surface area (Å²) in [5, 5.41) is 19.7. The molecule has 0 aromatic heterocycles. The second-order valence-corrected chi connectivity index (χ2v) is 6.25. The van der Waals surface area contributed by atoms with Crippen LogP contribution in [-0.2, 0) is 9.53 Å². The molecule has 0 fully saturated rings. The fourth-order valence-electron chi connectivity index (χ4n) is 2.48. The van der Waals surface area contributed by atoms with Gasteiger partial charge in [-0.15, -0.1) is 0 Å². The molecule has 0 rings (SSSR count). The first kappa shape index (κ1) is 22.1. The Hall–Kier alpha value is -0.870. The van der Waals surface area contributed by atoms with Crippen molar-refractivity contribution in [3.05, 3.63) is 12.2 Å². The number of unbranched alkanes of at least 4 members (excludes halogenated alkanes) is 7. The number of aliphatic hydroxyl groups is 2. The number of carbonyl (C=O) groups is 1. The number of carbonyl (C=O) groups excluding carboxylic acids is 1. The van der Waals surface area contributed by atoms with E-state index in [1.807, 2.05) is 0 Å². The highest BCUT2D eigenvalue weighted by molar-refractivity contribution is 5.68. The third-order valence-electron chi connectivity index (χ3n) is 4.02. The van der Waals surface area contributed by atoms with Crippen LogP contribution in [-0.4, -0.2) is 35.5 Å². The number of aliphatic hydroxyl groups excluding tert-OH is 2. The summed E-state index contributed by atoms with van der Waals surface area (Å²) in [6.07, 6.45) is 14.2. The largest absolute Gasteiger partial charge is 0.469 e. The van der Waals surface area contributed by atoms with E-state index in [1.165, 1.54) is 26.4 Å². The van der Waals surface area contributed by atoms with Gasteiger partial charge in [-0.25, -0.2) is 0 Å². The summed E-state index contributed by atoms with van der Waals surface area (Å²) >= 11 is 0. The number of ether oxygens (including phenoxy) is 1. The van der Waals surface area contributed by atoms with Gasteiger partial charge in [0, 0.05) is 6.42 Å². The van der Waals surface area contributed by atoms with Crippen LogP contribution in [0.4, 0.5) is 0 Å². The molecule has 0 aromatic rings. The number of hydrogen-bond acceptors (Lipinski definition) is 4. The molecule has 0 aromatic carbocycles. The third kappa shape index (κ3) is 15.8. The van der Waals surface area contributed by atoms with Crippen molar-refractivity contribution in [2.45, 2.75) is 96.2 Å². The average molecular weight is 328 g/mol. The molecular weight excluding hydrogens is 292 g/mol. The SMILES string of the molecule is CCCCCC[C@H](O)/C=C/[C@@H](O)CCCCCCCC(=O)OC. The molecule has 4 heteroatoms. The monoisotopic (exact) mass is 328 g/mol. The van der Waals surface area contributed by atoms with Crippen LogP contribution in [0.25, 0.3) is 0 Å². The standard InChI is InChI=1S/C19H36O4/c1-3-4-5-9-12-17(20)15-16-18(21)13-10-7-6-8-11-14-19(22)23-2/h15-18,20-21H,3-14H2,1-2H3/b16-15+/t17-,18-/m0/s1. The fraction of sp³-hybridized carbons (Fsp3) is 0.842. The van der Waals surface area contributed by atoms with Crippen molar-refractivity contribution < 1.29 is 19.7 Å². The summed E-state index contributed by atoms with van der Waals surface area (Å²) < 4.78 is 4.59. The smallest absolute Gasteiger partial charge is 0.305 e. The van der Waals surface area contributed by atoms with Gasteiger partial charge < -0.3 is 14.9 Å². The van der Waals surface area contributed by atoms with Crippen molar-refractivity contribution in [1.29, 1.82) is 0 Å². The molecule has 0 radical (unpaired) electrons. The molecule has 0 saturated carbocycles. The van der Waals surface area contributed by atoms with Gasteiger partial charge in [0.25, 0.3) is 0 Å². The van der Waals surface area contributed by atoms with E-state index in [9.17, 15) is 15.0 Å². The summed E-state index contributed by atoms with van der Waals surface area (Å²) in [7, 11) is 1.42. The van der Waals surface area contributed by atoms with Crippen LogP contribution in [0.2, 0.25) is 0 Å². The van der Waals surface area contributed by atoms with Crippen molar-refractivity contribution >= 4 is 5.97 Å². The molecule has 0 spiro atoms. The normalized spacial score (nSPS) is 14.1. The summed E-state index contributed by atoms with van der Waals surface area (Å²) in [5.41, 5.74) is 0. The van der Waals surface area contributed by atoms with E-state index in [2.05, 4.69) is 11.7 Å². The molecular formula is C19H36O4. The van der Waals surface area contributed by atoms with Gasteiger partial charge in [0.2, 0.25) is 0 Å². The Balaban J connectivity index is 3.49. The maximum atomic E-state index is 10.9. The van der Waals surface area contributed by atoms with E-state index in [0.717, 1.165) is 51.4 Å². The van der Waals surface area contributed by atoms with E-state index >= 15 is 0 Å². The first-order chi connectivity index (χ1) is 11.1. The molecule has 0 saturated heterocycles. The summed E-state index contributed by atoms with van der Waals surface area (Å²) in [4.78, 5) is 10.9. The molecule has 2 atom stereocenters. The Labute approximate surface area is 141 Å². The Morgan fingerprint density at radius 1 is 0.870 bits per heavy atom. The average Bonchev–Trinajstić information content (AvgIpc) is 2.55. The van der Waals surface area contributed by atoms with Crippen LogP contribution >= 0.6 is 0 Å². The Morgan fingerprint density at radius 3 is 1.87 bits per heavy atom. The van der Waals surface area contributed by atoms with Crippen molar-refractivity contribution in [1.82, 2.24) is 0 Å². The Bertz CT molecular complexity index is 302. The van der Waals surface area contributed by atoms with Crippen LogP contribution in [0, 0.1) is 0 Å². The van der Waals surface area contributed by atoms with Gasteiger partial charge in [-0.1, -0.05) is 70.4 Å². The molecule has 0 bridgehead atoms. The fourth-order valence-corrected chi connectivity index (χ4v) is 2.48. The second kappa shape index (κ2) is 16.0. The number of methoxy groups -OCH3 is 1. The summed E-state index contributed by atoms with van der Waals surface area (Å²) in [6.45, 7) is 2.17. The number of hydrogen-bond donors (Lipinski definition) is 2. The highest BCUT2D eigenvalue weighted by Gasteiger charge is 2.03. The van der Waals surface area contributed by atoms with Crippen LogP contribution < -0.4 is 0 Å². The number of rotatable bonds is 15. The molecule has 0 amide bonds. The first-order valence-corrected chi connectivity index (χ1v) is 9.21. The van der Waals surface area contributed by atoms with Gasteiger partial charge in [-0.05, 0) is 19.3 Å². The zero-order valence-electron chi connectivity index (χ0n) is 15.0. The van der Waals surface area contributed by atoms with Gasteiger partial charge >= 0.3 is 5.97 Å². The molecule has 0 aliphatic rings. The van der Waals surface area contributed by atoms with Gasteiger partial charge in [-0.2, -0.15) is 0 Å². The molecule has 0 unspecified atom stereocenters. The zero-order chi connectivity index (χ0) is 17.3. The molecule has 0 heterocycles. The maximum absolute atomic E-state index is 10.9. The van der Waals surface area contributed by atoms with E-state index in [0.29, 0.717) is 6.42 Å². The van der Waals surface area contributed by atoms with Crippen molar-refractivity contribution in [2.24, 2.45) is 0 Å². The van der Waals surface area contributed by atoms with Crippen molar-refractivity contribution in [3.63, 3.8) is 0 Å². The quantitative estimate of drug-likeness (QED) is 0.269. The second-order valence-electron chi connectivity index (χ2n) is 6.25. The predicted octanol–water partition coefficient (Wildman–Crippen LogP) is 4.14. The lowest BCUT2D eigenvalue weighted by molar-refractivity contribution is -0.140. The first-order valence-electron chi connectivity index (χ1n) is 9.21. The van der Waals surface area contributed by atoms with Crippen molar-refractivity contribution in [3.8, 4) is 0 Å². The van der Waals surface area contributed by atoms with Gasteiger partial charge in [0.15, 0.2) is 0 Å². The van der Waals surface area contributed by atoms with Crippen LogP contribution in [0.15, 0.2) is 12.2 Å². The minimum absolute atomic E-state index is 0.140. The van der Waals surface area contributed by atoms with Gasteiger partial charge in [0.1, 0.15) is 0 Å². The molecule has 23 heavy (non-hydrogen) atoms. The molecule has 136 valence electrons. The minimum Gasteiger partial charge on any atom is -0.469 e. The Morgan fingerprint density at radius 2 is 1.35 bits per heavy atom. The molecule has 0 aliphatic carbocycles. The van der Waals surface area contributed by atoms with Crippen LogP contribution in [0.1, 0.15) is 84.0 Å². The third-order valence-corrected chi connectivity index (χ3v) is 4.02. The summed E-state index contributed by atoms with van der Waals surface area (Å²) in [5.74, 6) is -0.140. The topological polar surface area (TPSA) is 66.8 Å². The number of esters is 1. The molecule has 0 aliphatic heterocycles. The predicted molar refractivity (Wildman–Crippen MR) is 94.2 cm³/mol. The Kier molecular flexibility index (Phi) is 15.4.